The van der Waals surface area contributed by atoms with Crippen LogP contribution in [0.5, 0.6) is 0 Å². The molecule has 1 N–H and O–H groups in total. The maximum Gasteiger partial charge on any atom is 0.00966 e. The lowest BCUT2D eigenvalue weighted by molar-refractivity contribution is 0.182. The topological polar surface area (TPSA) is 12.0 Å². The molecule has 2 aliphatic carbocycles. The molecule has 0 aromatic carbocycles. The van der Waals surface area contributed by atoms with E-state index in [9.17, 15) is 0 Å². The van der Waals surface area contributed by atoms with E-state index in [2.05, 4.69) is 39.9 Å². The van der Waals surface area contributed by atoms with Crippen molar-refractivity contribution >= 4 is 0 Å². The Morgan fingerprint density at radius 3 is 2.12 bits per heavy atom. The average Bonchev–Trinajstić information content (AvgIpc) is 2.71. The second-order valence-electron chi connectivity index (χ2n) is 7.75. The molecule has 0 aromatic heterocycles. The smallest absolute Gasteiger partial charge is 0.00966 e. The zero-order valence-corrected chi connectivity index (χ0v) is 11.8. The number of hydrogen-bond acceptors (Lipinski definition) is 1. The van der Waals surface area contributed by atoms with Gasteiger partial charge in [0.25, 0.3) is 0 Å². The van der Waals surface area contributed by atoms with Gasteiger partial charge in [-0.15, -0.1) is 0 Å². The van der Waals surface area contributed by atoms with E-state index in [-0.39, 0.29) is 5.54 Å². The number of nitrogens with one attached hydrogen (secondary N) is 1. The fraction of sp³-hybridized carbons (Fsp3) is 1.00. The van der Waals surface area contributed by atoms with Gasteiger partial charge < -0.3 is 5.32 Å². The van der Waals surface area contributed by atoms with Gasteiger partial charge >= 0.3 is 0 Å². The summed E-state index contributed by atoms with van der Waals surface area (Å²) in [5.41, 5.74) is 1.03. The van der Waals surface area contributed by atoms with Crippen molar-refractivity contribution in [1.82, 2.24) is 5.32 Å². The zero-order valence-electron chi connectivity index (χ0n) is 11.8. The lowest BCUT2D eigenvalue weighted by atomic mass is 9.73. The minimum absolute atomic E-state index is 0.287. The first kappa shape index (κ1) is 12.4. The van der Waals surface area contributed by atoms with Crippen LogP contribution in [-0.2, 0) is 0 Å². The van der Waals surface area contributed by atoms with Gasteiger partial charge in [0.2, 0.25) is 0 Å². The maximum absolute atomic E-state index is 3.69. The first-order valence-electron chi connectivity index (χ1n) is 7.06. The number of rotatable bonds is 2. The predicted octanol–water partition coefficient (Wildman–Crippen LogP) is 3.84. The highest BCUT2D eigenvalue weighted by atomic mass is 15.0. The van der Waals surface area contributed by atoms with Gasteiger partial charge in [-0.05, 0) is 76.2 Å². The molecule has 1 spiro atoms. The summed E-state index contributed by atoms with van der Waals surface area (Å²) in [6.07, 6.45) is 5.94. The SMILES string of the molecule is CC1CC(C)CC2(C1)CC2CNC(C)(C)C. The Kier molecular flexibility index (Phi) is 3.11. The quantitative estimate of drug-likeness (QED) is 0.750. The van der Waals surface area contributed by atoms with Crippen LogP contribution in [0.2, 0.25) is 0 Å². The maximum atomic E-state index is 3.69. The molecule has 0 bridgehead atoms. The van der Waals surface area contributed by atoms with E-state index in [0.29, 0.717) is 0 Å². The van der Waals surface area contributed by atoms with Crippen LogP contribution >= 0.6 is 0 Å². The summed E-state index contributed by atoms with van der Waals surface area (Å²) in [5.74, 6) is 2.89. The molecule has 0 saturated heterocycles. The van der Waals surface area contributed by atoms with Crippen molar-refractivity contribution < 1.29 is 0 Å². The molecule has 1 heteroatoms. The molecule has 94 valence electrons. The molecule has 2 saturated carbocycles. The summed E-state index contributed by atoms with van der Waals surface area (Å²) in [4.78, 5) is 0. The molecule has 0 amide bonds. The molecule has 0 aliphatic heterocycles. The molecule has 2 fully saturated rings. The van der Waals surface area contributed by atoms with Crippen LogP contribution in [0.1, 0.15) is 60.3 Å². The van der Waals surface area contributed by atoms with Crippen molar-refractivity contribution in [3.8, 4) is 0 Å². The van der Waals surface area contributed by atoms with Gasteiger partial charge in [-0.2, -0.15) is 0 Å². The van der Waals surface area contributed by atoms with E-state index in [1.165, 1.54) is 32.2 Å². The van der Waals surface area contributed by atoms with E-state index in [1.54, 1.807) is 0 Å². The average molecular weight is 223 g/mol. The van der Waals surface area contributed by atoms with Crippen molar-refractivity contribution in [1.29, 1.82) is 0 Å². The molecular weight excluding hydrogens is 194 g/mol. The third kappa shape index (κ3) is 2.80. The highest BCUT2D eigenvalue weighted by Crippen LogP contribution is 2.63. The first-order chi connectivity index (χ1) is 7.31. The molecule has 3 atom stereocenters. The van der Waals surface area contributed by atoms with Gasteiger partial charge in [-0.3, -0.25) is 0 Å². The summed E-state index contributed by atoms with van der Waals surface area (Å²) >= 11 is 0. The van der Waals surface area contributed by atoms with Gasteiger partial charge in [0.1, 0.15) is 0 Å². The largest absolute Gasteiger partial charge is 0.312 e. The van der Waals surface area contributed by atoms with Crippen molar-refractivity contribution in [3.63, 3.8) is 0 Å². The van der Waals surface area contributed by atoms with Crippen LogP contribution in [0.3, 0.4) is 0 Å². The molecule has 0 heterocycles. The fourth-order valence-corrected chi connectivity index (χ4v) is 3.97. The van der Waals surface area contributed by atoms with E-state index < -0.39 is 0 Å². The fourth-order valence-electron chi connectivity index (χ4n) is 3.97. The highest BCUT2D eigenvalue weighted by molar-refractivity contribution is 5.06. The Bertz CT molecular complexity index is 241. The monoisotopic (exact) mass is 223 g/mol. The van der Waals surface area contributed by atoms with E-state index in [4.69, 9.17) is 0 Å². The standard InChI is InChI=1S/C15H29N/c1-11-6-12(2)8-15(7-11)9-13(15)10-16-14(3,4)5/h11-13,16H,6-10H2,1-5H3. The molecule has 16 heavy (non-hydrogen) atoms. The van der Waals surface area contributed by atoms with E-state index in [1.807, 2.05) is 0 Å². The lowest BCUT2D eigenvalue weighted by Gasteiger charge is -2.33. The normalized spacial score (nSPS) is 43.7. The molecular formula is C15H29N. The predicted molar refractivity (Wildman–Crippen MR) is 70.5 cm³/mol. The van der Waals surface area contributed by atoms with Crippen molar-refractivity contribution in [2.24, 2.45) is 23.2 Å². The van der Waals surface area contributed by atoms with Crippen LogP contribution in [0.4, 0.5) is 0 Å². The molecule has 2 aliphatic rings. The van der Waals surface area contributed by atoms with Gasteiger partial charge in [-0.25, -0.2) is 0 Å². The Morgan fingerprint density at radius 1 is 1.06 bits per heavy atom. The Balaban J connectivity index is 1.84. The highest BCUT2D eigenvalue weighted by Gasteiger charge is 2.55. The van der Waals surface area contributed by atoms with Gasteiger partial charge in [0.05, 0.1) is 0 Å². The molecule has 2 rings (SSSR count). The third-order valence-electron chi connectivity index (χ3n) is 4.55. The van der Waals surface area contributed by atoms with Crippen LogP contribution in [0, 0.1) is 23.2 Å². The summed E-state index contributed by atoms with van der Waals surface area (Å²) in [7, 11) is 0. The second-order valence-corrected chi connectivity index (χ2v) is 7.75. The van der Waals surface area contributed by atoms with Gasteiger partial charge in [0.15, 0.2) is 0 Å². The van der Waals surface area contributed by atoms with E-state index in [0.717, 1.165) is 23.2 Å². The molecule has 0 radical (unpaired) electrons. The Hall–Kier alpha value is -0.0400. The van der Waals surface area contributed by atoms with Gasteiger partial charge in [0, 0.05) is 5.54 Å². The Labute approximate surface area is 101 Å². The summed E-state index contributed by atoms with van der Waals surface area (Å²) < 4.78 is 0. The van der Waals surface area contributed by atoms with Crippen LogP contribution in [-0.4, -0.2) is 12.1 Å². The second kappa shape index (κ2) is 4.01. The summed E-state index contributed by atoms with van der Waals surface area (Å²) in [6.45, 7) is 13.0. The zero-order chi connectivity index (χ0) is 12.0. The van der Waals surface area contributed by atoms with Crippen LogP contribution < -0.4 is 5.32 Å². The van der Waals surface area contributed by atoms with Crippen LogP contribution in [0.25, 0.3) is 0 Å². The Morgan fingerprint density at radius 2 is 1.62 bits per heavy atom. The van der Waals surface area contributed by atoms with Crippen molar-refractivity contribution in [3.05, 3.63) is 0 Å². The van der Waals surface area contributed by atoms with E-state index >= 15 is 0 Å². The lowest BCUT2D eigenvalue weighted by Crippen LogP contribution is -2.38. The minimum atomic E-state index is 0.287. The summed E-state index contributed by atoms with van der Waals surface area (Å²) in [6, 6.07) is 0. The van der Waals surface area contributed by atoms with Crippen LogP contribution in [0.15, 0.2) is 0 Å². The molecule has 0 aromatic rings. The third-order valence-corrected chi connectivity index (χ3v) is 4.55. The minimum Gasteiger partial charge on any atom is -0.312 e. The number of hydrogen-bond donors (Lipinski definition) is 1. The van der Waals surface area contributed by atoms with Crippen molar-refractivity contribution in [2.75, 3.05) is 6.54 Å². The summed E-state index contributed by atoms with van der Waals surface area (Å²) in [5, 5.41) is 3.69. The first-order valence-corrected chi connectivity index (χ1v) is 7.06. The molecule has 3 unspecified atom stereocenters. The molecule has 1 nitrogen and oxygen atoms in total. The van der Waals surface area contributed by atoms with Gasteiger partial charge in [-0.1, -0.05) is 13.8 Å². The van der Waals surface area contributed by atoms with Crippen molar-refractivity contribution in [2.45, 2.75) is 65.8 Å².